The lowest BCUT2D eigenvalue weighted by Crippen LogP contribution is -2.51. The third-order valence-corrected chi connectivity index (χ3v) is 7.08. The Hall–Kier alpha value is 0.270. The van der Waals surface area contributed by atoms with Gasteiger partial charge in [-0.2, -0.15) is 11.8 Å². The summed E-state index contributed by atoms with van der Waals surface area (Å²) in [5.74, 6) is 4.41. The van der Waals surface area contributed by atoms with Gasteiger partial charge in [-0.3, -0.25) is 0 Å². The Morgan fingerprint density at radius 3 is 2.70 bits per heavy atom. The second-order valence-electron chi connectivity index (χ2n) is 7.21. The topological polar surface area (TPSA) is 21.3 Å². The quantitative estimate of drug-likeness (QED) is 0.855. The summed E-state index contributed by atoms with van der Waals surface area (Å²) in [5.41, 5.74) is 0.229. The number of nitrogens with one attached hydrogen (secondary N) is 1. The first-order valence-corrected chi connectivity index (χ1v) is 9.86. The Morgan fingerprint density at radius 1 is 1.20 bits per heavy atom. The zero-order valence-electron chi connectivity index (χ0n) is 13.2. The molecular weight excluding hydrogens is 266 g/mol. The highest BCUT2D eigenvalue weighted by molar-refractivity contribution is 7.99. The lowest BCUT2D eigenvalue weighted by Gasteiger charge is -2.44. The number of hydrogen-bond donors (Lipinski definition) is 1. The van der Waals surface area contributed by atoms with E-state index < -0.39 is 0 Å². The van der Waals surface area contributed by atoms with Crippen LogP contribution in [0.25, 0.3) is 0 Å². The normalized spacial score (nSPS) is 41.1. The van der Waals surface area contributed by atoms with Crippen LogP contribution < -0.4 is 5.32 Å². The van der Waals surface area contributed by atoms with Gasteiger partial charge in [0.05, 0.1) is 5.60 Å². The van der Waals surface area contributed by atoms with E-state index in [4.69, 9.17) is 4.74 Å². The van der Waals surface area contributed by atoms with Crippen LogP contribution in [0.4, 0.5) is 0 Å². The monoisotopic (exact) mass is 297 g/mol. The van der Waals surface area contributed by atoms with Gasteiger partial charge in [0.1, 0.15) is 0 Å². The van der Waals surface area contributed by atoms with Gasteiger partial charge in [-0.15, -0.1) is 0 Å². The highest BCUT2D eigenvalue weighted by Gasteiger charge is 2.40. The van der Waals surface area contributed by atoms with Crippen molar-refractivity contribution >= 4 is 11.8 Å². The molecule has 1 N–H and O–H groups in total. The molecule has 4 atom stereocenters. The Kier molecular flexibility index (Phi) is 4.99. The third-order valence-electron chi connectivity index (χ3n) is 6.10. The number of ether oxygens (including phenoxy) is 1. The van der Waals surface area contributed by atoms with Gasteiger partial charge < -0.3 is 10.1 Å². The van der Waals surface area contributed by atoms with Crippen LogP contribution in [0.2, 0.25) is 0 Å². The molecule has 2 nitrogen and oxygen atoms in total. The number of thioether (sulfide) groups is 1. The number of hydrogen-bond acceptors (Lipinski definition) is 3. The average molecular weight is 298 g/mol. The van der Waals surface area contributed by atoms with E-state index in [1.807, 2.05) is 0 Å². The summed E-state index contributed by atoms with van der Waals surface area (Å²) in [7, 11) is 0. The summed E-state index contributed by atoms with van der Waals surface area (Å²) in [5, 5.41) is 4.02. The van der Waals surface area contributed by atoms with Gasteiger partial charge in [0, 0.05) is 18.7 Å². The van der Waals surface area contributed by atoms with Crippen LogP contribution in [0.5, 0.6) is 0 Å². The maximum atomic E-state index is 6.22. The van der Waals surface area contributed by atoms with Crippen molar-refractivity contribution in [3.05, 3.63) is 0 Å². The predicted octanol–water partition coefficient (Wildman–Crippen LogP) is 3.85. The minimum Gasteiger partial charge on any atom is -0.375 e. The van der Waals surface area contributed by atoms with Gasteiger partial charge >= 0.3 is 0 Å². The molecular formula is C17H31NOS. The minimum atomic E-state index is 0.229. The molecule has 2 saturated heterocycles. The summed E-state index contributed by atoms with van der Waals surface area (Å²) in [4.78, 5) is 0. The lowest BCUT2D eigenvalue weighted by molar-refractivity contribution is -0.0946. The first-order valence-electron chi connectivity index (χ1n) is 8.70. The standard InChI is InChI=1S/C17H31NOS/c1-3-14-4-5-16(13(14)2)18-15-6-9-19-17(12-15)7-10-20-11-8-17/h13-16,18H,3-12H2,1-2H3. The van der Waals surface area contributed by atoms with Gasteiger partial charge in [0.25, 0.3) is 0 Å². The second kappa shape index (κ2) is 6.58. The molecule has 0 radical (unpaired) electrons. The SMILES string of the molecule is CCC1CCC(NC2CCOC3(CCSCC3)C2)C1C. The Balaban J connectivity index is 1.55. The summed E-state index contributed by atoms with van der Waals surface area (Å²) in [6.07, 6.45) is 9.19. The highest BCUT2D eigenvalue weighted by atomic mass is 32.2. The molecule has 1 aliphatic carbocycles. The number of rotatable bonds is 3. The summed E-state index contributed by atoms with van der Waals surface area (Å²) in [6, 6.07) is 1.47. The molecule has 0 aromatic rings. The van der Waals surface area contributed by atoms with Crippen LogP contribution in [0.1, 0.15) is 58.8 Å². The maximum absolute atomic E-state index is 6.22. The van der Waals surface area contributed by atoms with Crippen LogP contribution in [0.15, 0.2) is 0 Å². The van der Waals surface area contributed by atoms with Crippen molar-refractivity contribution in [2.45, 2.75) is 76.5 Å². The predicted molar refractivity (Wildman–Crippen MR) is 87.4 cm³/mol. The van der Waals surface area contributed by atoms with E-state index in [0.717, 1.165) is 24.5 Å². The molecule has 20 heavy (non-hydrogen) atoms. The molecule has 1 saturated carbocycles. The third kappa shape index (κ3) is 3.20. The van der Waals surface area contributed by atoms with Crippen LogP contribution in [-0.4, -0.2) is 35.8 Å². The van der Waals surface area contributed by atoms with Crippen LogP contribution >= 0.6 is 11.8 Å². The highest BCUT2D eigenvalue weighted by Crippen LogP contribution is 2.39. The summed E-state index contributed by atoms with van der Waals surface area (Å²) < 4.78 is 6.22. The first-order chi connectivity index (χ1) is 9.72. The summed E-state index contributed by atoms with van der Waals surface area (Å²) in [6.45, 7) is 5.79. The minimum absolute atomic E-state index is 0.229. The van der Waals surface area contributed by atoms with Gasteiger partial charge in [-0.05, 0) is 61.9 Å². The van der Waals surface area contributed by atoms with Crippen molar-refractivity contribution in [1.82, 2.24) is 5.32 Å². The average Bonchev–Trinajstić information content (AvgIpc) is 2.80. The van der Waals surface area contributed by atoms with Gasteiger partial charge in [0.15, 0.2) is 0 Å². The molecule has 2 aliphatic heterocycles. The molecule has 116 valence electrons. The molecule has 0 aromatic heterocycles. The largest absolute Gasteiger partial charge is 0.375 e. The van der Waals surface area contributed by atoms with Crippen molar-refractivity contribution < 1.29 is 4.74 Å². The fourth-order valence-electron chi connectivity index (χ4n) is 4.62. The van der Waals surface area contributed by atoms with E-state index in [2.05, 4.69) is 30.9 Å². The van der Waals surface area contributed by atoms with Crippen molar-refractivity contribution in [3.8, 4) is 0 Å². The summed E-state index contributed by atoms with van der Waals surface area (Å²) >= 11 is 2.10. The van der Waals surface area contributed by atoms with Gasteiger partial charge in [0.2, 0.25) is 0 Å². The lowest BCUT2D eigenvalue weighted by atomic mass is 9.84. The molecule has 2 heterocycles. The van der Waals surface area contributed by atoms with Crippen LogP contribution in [0, 0.1) is 11.8 Å². The first kappa shape index (κ1) is 15.2. The van der Waals surface area contributed by atoms with Gasteiger partial charge in [-0.25, -0.2) is 0 Å². The maximum Gasteiger partial charge on any atom is 0.0713 e. The Bertz CT molecular complexity index is 311. The Morgan fingerprint density at radius 2 is 2.00 bits per heavy atom. The fourth-order valence-corrected chi connectivity index (χ4v) is 5.86. The second-order valence-corrected chi connectivity index (χ2v) is 8.44. The fraction of sp³-hybridized carbons (Fsp3) is 1.00. The van der Waals surface area contributed by atoms with Crippen molar-refractivity contribution in [2.75, 3.05) is 18.1 Å². The zero-order valence-corrected chi connectivity index (χ0v) is 14.0. The van der Waals surface area contributed by atoms with E-state index in [1.54, 1.807) is 0 Å². The van der Waals surface area contributed by atoms with Crippen LogP contribution in [-0.2, 0) is 4.74 Å². The van der Waals surface area contributed by atoms with E-state index in [0.29, 0.717) is 6.04 Å². The van der Waals surface area contributed by atoms with E-state index >= 15 is 0 Å². The van der Waals surface area contributed by atoms with Gasteiger partial charge in [-0.1, -0.05) is 20.3 Å². The van der Waals surface area contributed by atoms with Crippen LogP contribution in [0.3, 0.4) is 0 Å². The molecule has 4 unspecified atom stereocenters. The molecule has 3 rings (SSSR count). The van der Waals surface area contributed by atoms with E-state index in [-0.39, 0.29) is 5.60 Å². The molecule has 3 aliphatic rings. The molecule has 1 spiro atoms. The molecule has 0 amide bonds. The molecule has 3 heteroatoms. The van der Waals surface area contributed by atoms with Crippen molar-refractivity contribution in [3.63, 3.8) is 0 Å². The molecule has 3 fully saturated rings. The van der Waals surface area contributed by atoms with E-state index in [1.165, 1.54) is 56.5 Å². The van der Waals surface area contributed by atoms with Crippen molar-refractivity contribution in [1.29, 1.82) is 0 Å². The smallest absolute Gasteiger partial charge is 0.0713 e. The zero-order chi connectivity index (χ0) is 14.0. The van der Waals surface area contributed by atoms with E-state index in [9.17, 15) is 0 Å². The molecule has 0 bridgehead atoms. The Labute approximate surface area is 128 Å². The molecule has 0 aromatic carbocycles. The van der Waals surface area contributed by atoms with Crippen molar-refractivity contribution in [2.24, 2.45) is 11.8 Å².